The molecule has 9 nitrogen and oxygen atoms in total. The molecule has 184 valence electrons. The molecule has 0 aromatic heterocycles. The van der Waals surface area contributed by atoms with Crippen molar-refractivity contribution in [1.82, 2.24) is 10.2 Å². The molecule has 3 N–H and O–H groups in total. The average Bonchev–Trinajstić information content (AvgIpc) is 2.84. The van der Waals surface area contributed by atoms with Crippen LogP contribution in [0.2, 0.25) is 0 Å². The van der Waals surface area contributed by atoms with Gasteiger partial charge >= 0.3 is 11.9 Å². The maximum atomic E-state index is 12.5. The summed E-state index contributed by atoms with van der Waals surface area (Å²) in [5, 5.41) is 17.9. The van der Waals surface area contributed by atoms with E-state index in [2.05, 4.69) is 47.5 Å². The molecule has 0 unspecified atom stereocenters. The topological polar surface area (TPSA) is 125 Å². The van der Waals surface area contributed by atoms with Crippen molar-refractivity contribution in [3.8, 4) is 11.5 Å². The van der Waals surface area contributed by atoms with Gasteiger partial charge in [0.15, 0.2) is 11.5 Å². The monoisotopic (exact) mass is 472 g/mol. The molecule has 1 saturated heterocycles. The van der Waals surface area contributed by atoms with E-state index in [0.717, 1.165) is 55.1 Å². The number of nitrogens with zero attached hydrogens (tertiary/aromatic N) is 1. The van der Waals surface area contributed by atoms with Gasteiger partial charge < -0.3 is 25.0 Å². The summed E-state index contributed by atoms with van der Waals surface area (Å²) in [4.78, 5) is 33.1. The number of carbonyl (C=O) groups is 3. The Labute approximate surface area is 199 Å². The first-order valence-electron chi connectivity index (χ1n) is 11.0. The number of amides is 1. The summed E-state index contributed by atoms with van der Waals surface area (Å²) >= 11 is 0. The predicted molar refractivity (Wildman–Crippen MR) is 126 cm³/mol. The van der Waals surface area contributed by atoms with E-state index in [1.807, 2.05) is 12.1 Å². The Morgan fingerprint density at radius 3 is 2.12 bits per heavy atom. The van der Waals surface area contributed by atoms with Crippen LogP contribution in [0.15, 0.2) is 42.5 Å². The van der Waals surface area contributed by atoms with Gasteiger partial charge in [0.25, 0.3) is 0 Å². The summed E-state index contributed by atoms with van der Waals surface area (Å²) in [7, 11) is 3.33. The number of piperidine rings is 1. The summed E-state index contributed by atoms with van der Waals surface area (Å²) in [6.45, 7) is 5.28. The Hall–Kier alpha value is -3.59. The molecule has 0 atom stereocenters. The van der Waals surface area contributed by atoms with Crippen LogP contribution in [0.4, 0.5) is 0 Å². The standard InChI is InChI=1S/C23H30N2O3.C2H2O4/c1-17-7-9-18(10-8-17)15-24-23(26)19-11-13-25(14-12-19)16-20-5-4-6-21(27-2)22(20)28-3;3-1(4)2(5)6/h4-10,19H,11-16H2,1-3H3,(H,24,26);(H,3,4)(H,5,6). The van der Waals surface area contributed by atoms with Gasteiger partial charge in [-0.25, -0.2) is 9.59 Å². The van der Waals surface area contributed by atoms with Crippen molar-refractivity contribution < 1.29 is 34.1 Å². The number of aliphatic carboxylic acids is 2. The summed E-state index contributed by atoms with van der Waals surface area (Å²) in [6.07, 6.45) is 1.76. The third-order valence-corrected chi connectivity index (χ3v) is 5.61. The van der Waals surface area contributed by atoms with E-state index in [9.17, 15) is 4.79 Å². The number of carboxylic acid groups (broad SMARTS) is 2. The molecule has 34 heavy (non-hydrogen) atoms. The van der Waals surface area contributed by atoms with Crippen LogP contribution in [0.1, 0.15) is 29.5 Å². The highest BCUT2D eigenvalue weighted by atomic mass is 16.5. The van der Waals surface area contributed by atoms with Crippen LogP contribution in [0.5, 0.6) is 11.5 Å². The predicted octanol–water partition coefficient (Wildman–Crippen LogP) is 2.70. The fourth-order valence-electron chi connectivity index (χ4n) is 3.71. The lowest BCUT2D eigenvalue weighted by molar-refractivity contribution is -0.159. The number of rotatable bonds is 7. The minimum atomic E-state index is -1.82. The van der Waals surface area contributed by atoms with E-state index in [-0.39, 0.29) is 11.8 Å². The van der Waals surface area contributed by atoms with Crippen molar-refractivity contribution in [3.63, 3.8) is 0 Å². The Bertz CT molecular complexity index is 956. The van der Waals surface area contributed by atoms with Crippen LogP contribution in [0.3, 0.4) is 0 Å². The molecule has 0 bridgehead atoms. The number of hydrogen-bond donors (Lipinski definition) is 3. The van der Waals surface area contributed by atoms with Gasteiger partial charge in [0.05, 0.1) is 14.2 Å². The number of likely N-dealkylation sites (tertiary alicyclic amines) is 1. The van der Waals surface area contributed by atoms with Gasteiger partial charge in [-0.1, -0.05) is 42.0 Å². The molecule has 0 radical (unpaired) electrons. The Morgan fingerprint density at radius 2 is 1.59 bits per heavy atom. The van der Waals surface area contributed by atoms with Crippen LogP contribution in [0, 0.1) is 12.8 Å². The highest BCUT2D eigenvalue weighted by Gasteiger charge is 2.25. The normalized spacial score (nSPS) is 13.9. The van der Waals surface area contributed by atoms with Gasteiger partial charge in [-0.3, -0.25) is 9.69 Å². The van der Waals surface area contributed by atoms with Gasteiger partial charge in [-0.05, 0) is 44.5 Å². The molecular formula is C25H32N2O7. The van der Waals surface area contributed by atoms with E-state index in [1.54, 1.807) is 14.2 Å². The summed E-state index contributed by atoms with van der Waals surface area (Å²) in [6, 6.07) is 14.3. The maximum absolute atomic E-state index is 12.5. The molecule has 1 amide bonds. The SMILES string of the molecule is COc1cccc(CN2CCC(C(=O)NCc3ccc(C)cc3)CC2)c1OC.O=C(O)C(=O)O. The Kier molecular flexibility index (Phi) is 10.3. The number of ether oxygens (including phenoxy) is 2. The number of para-hydroxylation sites is 1. The fraction of sp³-hybridized carbons (Fsp3) is 0.400. The highest BCUT2D eigenvalue weighted by Crippen LogP contribution is 2.32. The van der Waals surface area contributed by atoms with Crippen LogP contribution >= 0.6 is 0 Å². The molecule has 1 fully saturated rings. The smallest absolute Gasteiger partial charge is 0.414 e. The zero-order valence-electron chi connectivity index (χ0n) is 19.7. The van der Waals surface area contributed by atoms with E-state index in [4.69, 9.17) is 29.3 Å². The summed E-state index contributed by atoms with van der Waals surface area (Å²) in [5.41, 5.74) is 3.49. The quantitative estimate of drug-likeness (QED) is 0.525. The first-order chi connectivity index (χ1) is 16.2. The average molecular weight is 473 g/mol. The lowest BCUT2D eigenvalue weighted by Gasteiger charge is -2.31. The molecule has 3 rings (SSSR count). The minimum absolute atomic E-state index is 0.0916. The fourth-order valence-corrected chi connectivity index (χ4v) is 3.71. The molecule has 1 heterocycles. The maximum Gasteiger partial charge on any atom is 0.414 e. The number of carboxylic acids is 2. The zero-order valence-corrected chi connectivity index (χ0v) is 19.7. The van der Waals surface area contributed by atoms with Crippen molar-refractivity contribution >= 4 is 17.8 Å². The largest absolute Gasteiger partial charge is 0.493 e. The second-order valence-corrected chi connectivity index (χ2v) is 8.02. The van der Waals surface area contributed by atoms with Crippen LogP contribution in [-0.4, -0.2) is 60.3 Å². The van der Waals surface area contributed by atoms with Crippen LogP contribution in [0.25, 0.3) is 0 Å². The van der Waals surface area contributed by atoms with Crippen molar-refractivity contribution in [2.24, 2.45) is 5.92 Å². The zero-order chi connectivity index (χ0) is 25.1. The lowest BCUT2D eigenvalue weighted by atomic mass is 9.95. The number of aryl methyl sites for hydroxylation is 1. The molecule has 1 aliphatic rings. The first kappa shape index (κ1) is 26.7. The van der Waals surface area contributed by atoms with E-state index < -0.39 is 11.9 Å². The molecular weight excluding hydrogens is 440 g/mol. The van der Waals surface area contributed by atoms with E-state index in [1.165, 1.54) is 5.56 Å². The van der Waals surface area contributed by atoms with Gasteiger partial charge in [0, 0.05) is 24.6 Å². The van der Waals surface area contributed by atoms with E-state index >= 15 is 0 Å². The highest BCUT2D eigenvalue weighted by molar-refractivity contribution is 6.27. The van der Waals surface area contributed by atoms with Gasteiger partial charge in [-0.2, -0.15) is 0 Å². The molecule has 0 spiro atoms. The number of nitrogens with one attached hydrogen (secondary N) is 1. The number of carbonyl (C=O) groups excluding carboxylic acids is 1. The van der Waals surface area contributed by atoms with Crippen LogP contribution < -0.4 is 14.8 Å². The Balaban J connectivity index is 0.000000604. The summed E-state index contributed by atoms with van der Waals surface area (Å²) < 4.78 is 10.9. The molecule has 0 saturated carbocycles. The third-order valence-electron chi connectivity index (χ3n) is 5.61. The molecule has 9 heteroatoms. The summed E-state index contributed by atoms with van der Waals surface area (Å²) in [5.74, 6) is -1.84. The minimum Gasteiger partial charge on any atom is -0.493 e. The van der Waals surface area contributed by atoms with Crippen LogP contribution in [-0.2, 0) is 27.5 Å². The number of hydrogen-bond acceptors (Lipinski definition) is 6. The second-order valence-electron chi connectivity index (χ2n) is 8.02. The molecule has 1 aliphatic heterocycles. The molecule has 2 aromatic rings. The van der Waals surface area contributed by atoms with E-state index in [0.29, 0.717) is 6.54 Å². The first-order valence-corrected chi connectivity index (χ1v) is 11.0. The third kappa shape index (κ3) is 8.08. The van der Waals surface area contributed by atoms with Gasteiger partial charge in [0.1, 0.15) is 0 Å². The van der Waals surface area contributed by atoms with Gasteiger partial charge in [0.2, 0.25) is 5.91 Å². The van der Waals surface area contributed by atoms with Gasteiger partial charge in [-0.15, -0.1) is 0 Å². The van der Waals surface area contributed by atoms with Crippen molar-refractivity contribution in [1.29, 1.82) is 0 Å². The lowest BCUT2D eigenvalue weighted by Crippen LogP contribution is -2.40. The van der Waals surface area contributed by atoms with Crippen molar-refractivity contribution in [2.45, 2.75) is 32.9 Å². The second kappa shape index (κ2) is 13.2. The Morgan fingerprint density at radius 1 is 0.971 bits per heavy atom. The van der Waals surface area contributed by atoms with Crippen molar-refractivity contribution in [2.75, 3.05) is 27.3 Å². The van der Waals surface area contributed by atoms with Crippen molar-refractivity contribution in [3.05, 3.63) is 59.2 Å². The number of benzene rings is 2. The molecule has 0 aliphatic carbocycles. The molecule has 2 aromatic carbocycles. The number of methoxy groups -OCH3 is 2.